The molecule has 0 N–H and O–H groups in total. The average Bonchev–Trinajstić information content (AvgIpc) is 2.83. The van der Waals surface area contributed by atoms with Crippen molar-refractivity contribution in [1.29, 1.82) is 0 Å². The van der Waals surface area contributed by atoms with Crippen molar-refractivity contribution in [2.75, 3.05) is 0 Å². The maximum absolute atomic E-state index is 6.14. The molecule has 4 aromatic rings. The second-order valence-electron chi connectivity index (χ2n) is 6.71. The molecule has 4 rings (SSSR count). The molecule has 0 aromatic heterocycles. The molecule has 0 amide bonds. The van der Waals surface area contributed by atoms with Crippen LogP contribution >= 0.6 is 116 Å². The fraction of sp³-hybridized carbons (Fsp3) is 0. The Kier molecular flexibility index (Phi) is 10.3. The van der Waals surface area contributed by atoms with Gasteiger partial charge in [0.25, 0.3) is 0 Å². The van der Waals surface area contributed by atoms with Crippen LogP contribution in [0.25, 0.3) is 22.3 Å². The Bertz CT molecular complexity index is 1230. The van der Waals surface area contributed by atoms with Gasteiger partial charge in [0.1, 0.15) is 0 Å². The molecule has 10 heteroatoms. The van der Waals surface area contributed by atoms with Gasteiger partial charge in [-0.15, -0.1) is 0 Å². The molecular weight excluding hydrogens is 643 g/mol. The van der Waals surface area contributed by atoms with Crippen LogP contribution < -0.4 is 0 Å². The van der Waals surface area contributed by atoms with E-state index < -0.39 is 0 Å². The van der Waals surface area contributed by atoms with Crippen molar-refractivity contribution < 1.29 is 0 Å². The normalized spacial score (nSPS) is 10.6. The van der Waals surface area contributed by atoms with Crippen LogP contribution in [0.3, 0.4) is 0 Å². The van der Waals surface area contributed by atoms with Crippen LogP contribution in [0.5, 0.6) is 0 Å². The Morgan fingerprint density at radius 1 is 0.324 bits per heavy atom. The zero-order valence-corrected chi connectivity index (χ0v) is 24.1. The van der Waals surface area contributed by atoms with Crippen LogP contribution in [-0.4, -0.2) is 0 Å². The summed E-state index contributed by atoms with van der Waals surface area (Å²) in [5, 5.41) is 3.82. The van der Waals surface area contributed by atoms with E-state index in [4.69, 9.17) is 116 Å². The molecule has 0 bridgehead atoms. The van der Waals surface area contributed by atoms with Gasteiger partial charge in [0.15, 0.2) is 0 Å². The largest absolute Gasteiger partial charge is 0.0843 e. The third-order valence-corrected chi connectivity index (χ3v) is 8.52. The van der Waals surface area contributed by atoms with Gasteiger partial charge < -0.3 is 0 Å². The minimum Gasteiger partial charge on any atom is -0.0843 e. The third kappa shape index (κ3) is 6.55. The number of halogens is 10. The number of benzene rings is 4. The first-order valence-electron chi connectivity index (χ1n) is 9.19. The van der Waals surface area contributed by atoms with E-state index in [0.717, 1.165) is 22.3 Å². The summed E-state index contributed by atoms with van der Waals surface area (Å²) in [6, 6.07) is 17.8. The van der Waals surface area contributed by atoms with E-state index in [1.807, 2.05) is 24.3 Å². The Hall–Kier alpha value is -0.220. The summed E-state index contributed by atoms with van der Waals surface area (Å²) in [5.41, 5.74) is 3.20. The van der Waals surface area contributed by atoms with Crippen LogP contribution in [-0.2, 0) is 0 Å². The molecule has 0 saturated heterocycles. The van der Waals surface area contributed by atoms with Gasteiger partial charge in [-0.2, -0.15) is 0 Å². The van der Waals surface area contributed by atoms with Gasteiger partial charge in [-0.1, -0.05) is 140 Å². The summed E-state index contributed by atoms with van der Waals surface area (Å²) >= 11 is 59.6. The molecule has 0 radical (unpaired) electrons. The molecular formula is C24H10Cl10. The molecule has 0 aliphatic heterocycles. The van der Waals surface area contributed by atoms with E-state index in [9.17, 15) is 0 Å². The molecule has 0 atom stereocenters. The van der Waals surface area contributed by atoms with Gasteiger partial charge in [0, 0.05) is 21.2 Å². The lowest BCUT2D eigenvalue weighted by Crippen LogP contribution is -1.83. The highest BCUT2D eigenvalue weighted by molar-refractivity contribution is 6.53. The lowest BCUT2D eigenvalue weighted by atomic mass is 10.1. The summed E-state index contributed by atoms with van der Waals surface area (Å²) in [7, 11) is 0. The Morgan fingerprint density at radius 2 is 0.618 bits per heavy atom. The fourth-order valence-electron chi connectivity index (χ4n) is 2.82. The molecule has 176 valence electrons. The molecule has 0 saturated carbocycles. The average molecular weight is 653 g/mol. The lowest BCUT2D eigenvalue weighted by molar-refractivity contribution is 1.61. The predicted molar refractivity (Wildman–Crippen MR) is 154 cm³/mol. The summed E-state index contributed by atoms with van der Waals surface area (Å²) in [5.74, 6) is 0. The Morgan fingerprint density at radius 3 is 0.912 bits per heavy atom. The maximum Gasteiger partial charge on any atom is 0.0800 e. The minimum absolute atomic E-state index is 0.255. The quantitative estimate of drug-likeness (QED) is 0.149. The number of hydrogen-bond acceptors (Lipinski definition) is 0. The molecule has 0 aliphatic rings. The fourth-order valence-corrected chi connectivity index (χ4v) is 4.90. The molecule has 0 fully saturated rings. The minimum atomic E-state index is 0.255. The highest BCUT2D eigenvalue weighted by Gasteiger charge is 2.15. The van der Waals surface area contributed by atoms with Gasteiger partial charge in [-0.3, -0.25) is 0 Å². The van der Waals surface area contributed by atoms with Gasteiger partial charge in [-0.05, 0) is 47.5 Å². The summed E-state index contributed by atoms with van der Waals surface area (Å²) in [4.78, 5) is 0. The van der Waals surface area contributed by atoms with Gasteiger partial charge in [0.05, 0.1) is 40.2 Å². The monoisotopic (exact) mass is 648 g/mol. The van der Waals surface area contributed by atoms with Crippen LogP contribution in [0.1, 0.15) is 0 Å². The zero-order chi connectivity index (χ0) is 25.2. The predicted octanol–water partition coefficient (Wildman–Crippen LogP) is 13.2. The van der Waals surface area contributed by atoms with Crippen molar-refractivity contribution in [2.45, 2.75) is 0 Å². The van der Waals surface area contributed by atoms with Crippen molar-refractivity contribution in [3.63, 3.8) is 0 Å². The summed E-state index contributed by atoms with van der Waals surface area (Å²) in [6.45, 7) is 0. The lowest BCUT2D eigenvalue weighted by Gasteiger charge is -2.09. The van der Waals surface area contributed by atoms with E-state index >= 15 is 0 Å². The SMILES string of the molecule is Clc1ccc(-c2cc(Cl)c(Cl)c(Cl)c2Cl)cc1.Clc1ccc(-c2cc(Cl)c(Cl)c(Cl)c2Cl)cc1. The van der Waals surface area contributed by atoms with Crippen LogP contribution in [0.2, 0.25) is 50.2 Å². The van der Waals surface area contributed by atoms with Crippen molar-refractivity contribution in [3.8, 4) is 22.3 Å². The maximum atomic E-state index is 6.14. The first-order chi connectivity index (χ1) is 16.0. The van der Waals surface area contributed by atoms with Crippen molar-refractivity contribution in [1.82, 2.24) is 0 Å². The zero-order valence-electron chi connectivity index (χ0n) is 16.6. The molecule has 0 unspecified atom stereocenters. The summed E-state index contributed by atoms with van der Waals surface area (Å²) in [6.07, 6.45) is 0. The van der Waals surface area contributed by atoms with Crippen LogP contribution in [0, 0.1) is 0 Å². The first kappa shape index (κ1) is 28.4. The van der Waals surface area contributed by atoms with Crippen molar-refractivity contribution in [2.24, 2.45) is 0 Å². The van der Waals surface area contributed by atoms with E-state index in [1.54, 1.807) is 36.4 Å². The highest BCUT2D eigenvalue weighted by atomic mass is 35.5. The van der Waals surface area contributed by atoms with Gasteiger partial charge in [0.2, 0.25) is 0 Å². The molecule has 34 heavy (non-hydrogen) atoms. The Balaban J connectivity index is 0.000000191. The molecule has 0 heterocycles. The third-order valence-electron chi connectivity index (χ3n) is 4.52. The number of hydrogen-bond donors (Lipinski definition) is 0. The van der Waals surface area contributed by atoms with E-state index in [0.29, 0.717) is 30.1 Å². The topological polar surface area (TPSA) is 0 Å². The van der Waals surface area contributed by atoms with Crippen molar-refractivity contribution >= 4 is 116 Å². The molecule has 0 nitrogen and oxygen atoms in total. The Labute approximate surface area is 247 Å². The molecule has 0 aliphatic carbocycles. The van der Waals surface area contributed by atoms with Gasteiger partial charge in [-0.25, -0.2) is 0 Å². The van der Waals surface area contributed by atoms with Gasteiger partial charge >= 0.3 is 0 Å². The molecule has 0 spiro atoms. The van der Waals surface area contributed by atoms with E-state index in [2.05, 4.69) is 0 Å². The second-order valence-corrected chi connectivity index (χ2v) is 10.7. The van der Waals surface area contributed by atoms with Crippen LogP contribution in [0.4, 0.5) is 0 Å². The van der Waals surface area contributed by atoms with E-state index in [1.165, 1.54) is 0 Å². The standard InChI is InChI=1S/2C12H5Cl5/c2*13-7-3-1-6(2-4-7)8-5-9(14)11(16)12(17)10(8)15/h2*1-5H. The summed E-state index contributed by atoms with van der Waals surface area (Å²) < 4.78 is 0. The number of rotatable bonds is 2. The van der Waals surface area contributed by atoms with Crippen molar-refractivity contribution in [3.05, 3.63) is 111 Å². The highest BCUT2D eigenvalue weighted by Crippen LogP contribution is 2.43. The smallest absolute Gasteiger partial charge is 0.0800 e. The first-order valence-corrected chi connectivity index (χ1v) is 13.0. The van der Waals surface area contributed by atoms with E-state index in [-0.39, 0.29) is 20.1 Å². The molecule has 4 aromatic carbocycles. The second kappa shape index (κ2) is 12.3. The van der Waals surface area contributed by atoms with Crippen LogP contribution in [0.15, 0.2) is 60.7 Å².